The molecule has 0 saturated carbocycles. The topological polar surface area (TPSA) is 55.3 Å². The second kappa shape index (κ2) is 8.49. The zero-order valence-corrected chi connectivity index (χ0v) is 19.3. The predicted octanol–water partition coefficient (Wildman–Crippen LogP) is 7.44. The summed E-state index contributed by atoms with van der Waals surface area (Å²) in [5, 5.41) is 16.3. The van der Waals surface area contributed by atoms with E-state index in [0.29, 0.717) is 34.1 Å². The van der Waals surface area contributed by atoms with Crippen LogP contribution in [0.25, 0.3) is 44.0 Å². The van der Waals surface area contributed by atoms with Gasteiger partial charge in [-0.1, -0.05) is 74.5 Å². The van der Waals surface area contributed by atoms with Crippen LogP contribution in [0.5, 0.6) is 5.75 Å². The van der Waals surface area contributed by atoms with Crippen molar-refractivity contribution in [2.24, 2.45) is 0 Å². The number of phenolic OH excluding ortho intramolecular Hbond substituents is 1. The van der Waals surface area contributed by atoms with Crippen molar-refractivity contribution in [2.75, 3.05) is 0 Å². The molecule has 2 heterocycles. The van der Waals surface area contributed by atoms with Gasteiger partial charge in [0.1, 0.15) is 5.75 Å². The van der Waals surface area contributed by atoms with Crippen LogP contribution in [0, 0.1) is 13.5 Å². The van der Waals surface area contributed by atoms with E-state index in [-0.39, 0.29) is 5.75 Å². The summed E-state index contributed by atoms with van der Waals surface area (Å²) < 4.78 is 1.81. The van der Waals surface area contributed by atoms with Gasteiger partial charge >= 0.3 is 0 Å². The normalized spacial score (nSPS) is 11.1. The van der Waals surface area contributed by atoms with E-state index >= 15 is 0 Å². The molecule has 0 amide bonds. The molecule has 0 spiro atoms. The van der Waals surface area contributed by atoms with E-state index in [1.807, 2.05) is 66.2 Å². The fraction of sp³-hybridized carbons (Fsp3) is 0.138. The van der Waals surface area contributed by atoms with Crippen LogP contribution in [-0.4, -0.2) is 19.9 Å². The number of para-hydroxylation sites is 2. The summed E-state index contributed by atoms with van der Waals surface area (Å²) >= 11 is 0. The average molecular weight is 445 g/mol. The van der Waals surface area contributed by atoms with Crippen LogP contribution in [0.1, 0.15) is 31.0 Å². The summed E-state index contributed by atoms with van der Waals surface area (Å²) in [6.45, 7) is 14.3. The van der Waals surface area contributed by atoms with Crippen molar-refractivity contribution in [1.29, 1.82) is 0 Å². The minimum absolute atomic E-state index is 0.118. The number of aromatic nitrogens is 3. The molecule has 5 rings (SSSR count). The van der Waals surface area contributed by atoms with E-state index < -0.39 is 0 Å². The molecule has 0 aliphatic rings. The van der Waals surface area contributed by atoms with E-state index in [4.69, 9.17) is 16.7 Å². The van der Waals surface area contributed by atoms with Gasteiger partial charge in [-0.05, 0) is 42.2 Å². The predicted molar refractivity (Wildman–Crippen MR) is 136 cm³/mol. The Morgan fingerprint density at radius 1 is 0.912 bits per heavy atom. The maximum absolute atomic E-state index is 10.8. The molecular formula is C29H24N4O. The molecule has 0 unspecified atom stereocenters. The Labute approximate surface area is 198 Å². The van der Waals surface area contributed by atoms with Crippen molar-refractivity contribution < 1.29 is 5.11 Å². The minimum atomic E-state index is 0.118. The van der Waals surface area contributed by atoms with Gasteiger partial charge in [0.25, 0.3) is 0 Å². The highest BCUT2D eigenvalue weighted by molar-refractivity contribution is 6.07. The fourth-order valence-electron chi connectivity index (χ4n) is 4.34. The van der Waals surface area contributed by atoms with Crippen molar-refractivity contribution >= 4 is 16.7 Å². The lowest BCUT2D eigenvalue weighted by Crippen LogP contribution is -1.99. The summed E-state index contributed by atoms with van der Waals surface area (Å²) in [5.74, 6) is 0.525. The maximum atomic E-state index is 10.8. The van der Waals surface area contributed by atoms with Gasteiger partial charge in [0.05, 0.1) is 23.6 Å². The number of benzene rings is 3. The molecule has 0 saturated heterocycles. The van der Waals surface area contributed by atoms with E-state index in [0.717, 1.165) is 22.3 Å². The lowest BCUT2D eigenvalue weighted by Gasteiger charge is -2.14. The Kier molecular flexibility index (Phi) is 5.35. The number of pyridine rings is 1. The SMILES string of the molecule is [C-]#[N+]c1c(-c2ccc(C(C)C)cc2)nc2c(c(C)nn2-c2ccccc2)c1-c1ccccc1O. The highest BCUT2D eigenvalue weighted by atomic mass is 16.3. The fourth-order valence-corrected chi connectivity index (χ4v) is 4.34. The van der Waals surface area contributed by atoms with Crippen molar-refractivity contribution in [1.82, 2.24) is 14.8 Å². The summed E-state index contributed by atoms with van der Waals surface area (Å²) in [6.07, 6.45) is 0. The Hall–Kier alpha value is -4.43. The van der Waals surface area contributed by atoms with Crippen molar-refractivity contribution in [3.8, 4) is 33.8 Å². The molecule has 0 atom stereocenters. The third kappa shape index (κ3) is 3.50. The number of phenols is 1. The third-order valence-electron chi connectivity index (χ3n) is 6.10. The average Bonchev–Trinajstić information content (AvgIpc) is 3.20. The first kappa shape index (κ1) is 21.4. The monoisotopic (exact) mass is 444 g/mol. The van der Waals surface area contributed by atoms with Gasteiger partial charge in [-0.25, -0.2) is 14.5 Å². The van der Waals surface area contributed by atoms with Crippen molar-refractivity contribution in [3.05, 3.63) is 102 Å². The van der Waals surface area contributed by atoms with Crippen LogP contribution in [0.4, 0.5) is 5.69 Å². The first-order valence-corrected chi connectivity index (χ1v) is 11.2. The second-order valence-corrected chi connectivity index (χ2v) is 8.62. The highest BCUT2D eigenvalue weighted by Crippen LogP contribution is 2.46. The Morgan fingerprint density at radius 3 is 2.24 bits per heavy atom. The van der Waals surface area contributed by atoms with E-state index in [1.165, 1.54) is 5.56 Å². The minimum Gasteiger partial charge on any atom is -0.507 e. The molecule has 5 heteroatoms. The first-order chi connectivity index (χ1) is 16.5. The quantitative estimate of drug-likeness (QED) is 0.293. The maximum Gasteiger partial charge on any atom is 0.221 e. The second-order valence-electron chi connectivity index (χ2n) is 8.62. The third-order valence-corrected chi connectivity index (χ3v) is 6.10. The standard InChI is InChI=1S/C29H24N4O/c1-18(2)20-14-16-21(17-15-20)27-28(30-4)26(23-12-8-9-13-24(23)34)25-19(3)32-33(29(25)31-27)22-10-6-5-7-11-22/h5-18,34H,1-3H3. The van der Waals surface area contributed by atoms with Gasteiger partial charge in [-0.2, -0.15) is 5.10 Å². The van der Waals surface area contributed by atoms with Crippen LogP contribution in [0.15, 0.2) is 78.9 Å². The zero-order valence-electron chi connectivity index (χ0n) is 19.3. The summed E-state index contributed by atoms with van der Waals surface area (Å²) in [7, 11) is 0. The summed E-state index contributed by atoms with van der Waals surface area (Å²) in [5.41, 5.74) is 6.58. The molecule has 1 N–H and O–H groups in total. The van der Waals surface area contributed by atoms with Crippen LogP contribution in [-0.2, 0) is 0 Å². The van der Waals surface area contributed by atoms with E-state index in [1.54, 1.807) is 12.1 Å². The number of nitrogens with zero attached hydrogens (tertiary/aromatic N) is 4. The molecule has 0 aliphatic heterocycles. The van der Waals surface area contributed by atoms with Crippen LogP contribution in [0.2, 0.25) is 0 Å². The molecule has 5 aromatic rings. The number of fused-ring (bicyclic) bond motifs is 1. The number of hydrogen-bond acceptors (Lipinski definition) is 3. The number of aryl methyl sites for hydroxylation is 1. The van der Waals surface area contributed by atoms with Gasteiger partial charge in [0, 0.05) is 16.5 Å². The lowest BCUT2D eigenvalue weighted by molar-refractivity contribution is 0.477. The van der Waals surface area contributed by atoms with Crippen LogP contribution < -0.4 is 0 Å². The van der Waals surface area contributed by atoms with Crippen LogP contribution in [0.3, 0.4) is 0 Å². The van der Waals surface area contributed by atoms with Crippen molar-refractivity contribution in [2.45, 2.75) is 26.7 Å². The number of rotatable bonds is 4. The molecule has 34 heavy (non-hydrogen) atoms. The highest BCUT2D eigenvalue weighted by Gasteiger charge is 2.25. The summed E-state index contributed by atoms with van der Waals surface area (Å²) in [4.78, 5) is 8.94. The Morgan fingerprint density at radius 2 is 1.59 bits per heavy atom. The molecule has 166 valence electrons. The summed E-state index contributed by atoms with van der Waals surface area (Å²) in [6, 6.07) is 25.2. The van der Waals surface area contributed by atoms with E-state index in [2.05, 4.69) is 30.8 Å². The Bertz CT molecular complexity index is 1540. The van der Waals surface area contributed by atoms with Crippen molar-refractivity contribution in [3.63, 3.8) is 0 Å². The van der Waals surface area contributed by atoms with Gasteiger partial charge in [-0.15, -0.1) is 0 Å². The van der Waals surface area contributed by atoms with Gasteiger partial charge in [0.15, 0.2) is 5.65 Å². The molecule has 5 nitrogen and oxygen atoms in total. The van der Waals surface area contributed by atoms with Gasteiger partial charge in [0.2, 0.25) is 5.69 Å². The molecule has 3 aromatic carbocycles. The molecule has 0 radical (unpaired) electrons. The molecular weight excluding hydrogens is 420 g/mol. The van der Waals surface area contributed by atoms with Gasteiger partial charge in [-0.3, -0.25) is 0 Å². The lowest BCUT2D eigenvalue weighted by atomic mass is 9.95. The number of aromatic hydroxyl groups is 1. The number of hydrogen-bond donors (Lipinski definition) is 1. The molecule has 0 fully saturated rings. The first-order valence-electron chi connectivity index (χ1n) is 11.2. The van der Waals surface area contributed by atoms with Crippen LogP contribution >= 0.6 is 0 Å². The molecule has 0 aliphatic carbocycles. The van der Waals surface area contributed by atoms with Gasteiger partial charge < -0.3 is 5.11 Å². The smallest absolute Gasteiger partial charge is 0.221 e. The molecule has 2 aromatic heterocycles. The molecule has 0 bridgehead atoms. The zero-order chi connectivity index (χ0) is 23.8. The van der Waals surface area contributed by atoms with E-state index in [9.17, 15) is 5.11 Å². The Balaban J connectivity index is 1.91. The largest absolute Gasteiger partial charge is 0.507 e.